The largest absolute Gasteiger partial charge is 0.380 e. The van der Waals surface area contributed by atoms with Gasteiger partial charge >= 0.3 is 0 Å². The second-order valence-electron chi connectivity index (χ2n) is 5.36. The summed E-state index contributed by atoms with van der Waals surface area (Å²) in [6, 6.07) is 2.80. The van der Waals surface area contributed by atoms with Gasteiger partial charge in [0.2, 0.25) is 0 Å². The fraction of sp³-hybridized carbons (Fsp3) is 0.643. The summed E-state index contributed by atoms with van der Waals surface area (Å²) in [5.41, 5.74) is 1.93. The van der Waals surface area contributed by atoms with Crippen LogP contribution in [0.1, 0.15) is 38.2 Å². The first-order valence-corrected chi connectivity index (χ1v) is 7.64. The minimum absolute atomic E-state index is 0.356. The molecule has 0 radical (unpaired) electrons. The number of aryl methyl sites for hydroxylation is 1. The molecule has 1 aliphatic rings. The smallest absolute Gasteiger partial charge is 0.154 e. The Morgan fingerprint density at radius 3 is 2.89 bits per heavy atom. The average Bonchev–Trinajstić information content (AvgIpc) is 2.35. The van der Waals surface area contributed by atoms with Gasteiger partial charge in [-0.05, 0) is 51.3 Å². The quantitative estimate of drug-likeness (QED) is 0.825. The SMILES string of the molecule is Cc1cc(Cl)nc(Cl)c1NC(C)CC1CCCCN1. The maximum Gasteiger partial charge on any atom is 0.154 e. The molecule has 2 N–H and O–H groups in total. The first-order chi connectivity index (χ1) is 9.06. The number of pyridine rings is 1. The van der Waals surface area contributed by atoms with E-state index in [0.29, 0.717) is 22.4 Å². The predicted octanol–water partition coefficient (Wildman–Crippen LogP) is 4.03. The minimum Gasteiger partial charge on any atom is -0.380 e. The van der Waals surface area contributed by atoms with E-state index in [1.165, 1.54) is 19.3 Å². The van der Waals surface area contributed by atoms with E-state index in [1.54, 1.807) is 0 Å². The molecule has 0 bridgehead atoms. The third-order valence-corrected chi connectivity index (χ3v) is 4.05. The van der Waals surface area contributed by atoms with Gasteiger partial charge in [0.1, 0.15) is 5.15 Å². The lowest BCUT2D eigenvalue weighted by molar-refractivity contribution is 0.371. The minimum atomic E-state index is 0.356. The summed E-state index contributed by atoms with van der Waals surface area (Å²) in [6.07, 6.45) is 4.98. The molecule has 0 amide bonds. The molecule has 1 aromatic rings. The van der Waals surface area contributed by atoms with E-state index in [-0.39, 0.29) is 0 Å². The molecule has 19 heavy (non-hydrogen) atoms. The third-order valence-electron chi connectivity index (χ3n) is 3.58. The molecule has 5 heteroatoms. The maximum absolute atomic E-state index is 6.15. The van der Waals surface area contributed by atoms with E-state index >= 15 is 0 Å². The Labute approximate surface area is 125 Å². The molecule has 3 nitrogen and oxygen atoms in total. The van der Waals surface area contributed by atoms with Crippen LogP contribution in [0, 0.1) is 6.92 Å². The van der Waals surface area contributed by atoms with Crippen molar-refractivity contribution in [2.75, 3.05) is 11.9 Å². The van der Waals surface area contributed by atoms with Crippen LogP contribution in [0.3, 0.4) is 0 Å². The molecule has 2 atom stereocenters. The molecular weight excluding hydrogens is 281 g/mol. The van der Waals surface area contributed by atoms with E-state index in [0.717, 1.165) is 24.2 Å². The molecule has 0 spiro atoms. The molecular formula is C14H21Cl2N3. The first-order valence-electron chi connectivity index (χ1n) is 6.89. The average molecular weight is 302 g/mol. The van der Waals surface area contributed by atoms with E-state index in [9.17, 15) is 0 Å². The highest BCUT2D eigenvalue weighted by Crippen LogP contribution is 2.27. The van der Waals surface area contributed by atoms with Gasteiger partial charge in [-0.2, -0.15) is 0 Å². The number of rotatable bonds is 4. The first kappa shape index (κ1) is 14.9. The van der Waals surface area contributed by atoms with Gasteiger partial charge in [0, 0.05) is 12.1 Å². The van der Waals surface area contributed by atoms with Crippen molar-refractivity contribution in [2.24, 2.45) is 0 Å². The summed E-state index contributed by atoms with van der Waals surface area (Å²) >= 11 is 12.0. The van der Waals surface area contributed by atoms with Crippen LogP contribution in [0.2, 0.25) is 10.3 Å². The van der Waals surface area contributed by atoms with Gasteiger partial charge in [0.15, 0.2) is 5.15 Å². The highest BCUT2D eigenvalue weighted by molar-refractivity contribution is 6.34. The zero-order valence-corrected chi connectivity index (χ0v) is 13.0. The number of halogens is 2. The van der Waals surface area contributed by atoms with E-state index in [1.807, 2.05) is 13.0 Å². The Morgan fingerprint density at radius 2 is 2.26 bits per heavy atom. The Hall–Kier alpha value is -0.510. The number of nitrogens with one attached hydrogen (secondary N) is 2. The van der Waals surface area contributed by atoms with Crippen molar-refractivity contribution in [1.82, 2.24) is 10.3 Å². The Bertz CT molecular complexity index is 408. The zero-order chi connectivity index (χ0) is 13.8. The standard InChI is InChI=1S/C14H21Cl2N3/c1-9-7-12(15)19-14(16)13(9)18-10(2)8-11-5-3-4-6-17-11/h7,10-11,17-18H,3-6,8H2,1-2H3. The van der Waals surface area contributed by atoms with Gasteiger partial charge in [-0.3, -0.25) is 0 Å². The van der Waals surface area contributed by atoms with Gasteiger partial charge in [0.25, 0.3) is 0 Å². The lowest BCUT2D eigenvalue weighted by atomic mass is 9.98. The second kappa shape index (κ2) is 6.78. The maximum atomic E-state index is 6.15. The zero-order valence-electron chi connectivity index (χ0n) is 11.5. The monoisotopic (exact) mass is 301 g/mol. The van der Waals surface area contributed by atoms with Crippen LogP contribution < -0.4 is 10.6 Å². The summed E-state index contributed by atoms with van der Waals surface area (Å²) in [5.74, 6) is 0. The molecule has 1 aliphatic heterocycles. The van der Waals surface area contributed by atoms with Crippen molar-refractivity contribution in [1.29, 1.82) is 0 Å². The molecule has 0 aliphatic carbocycles. The fourth-order valence-electron chi connectivity index (χ4n) is 2.63. The normalized spacial score (nSPS) is 21.2. The molecule has 0 saturated carbocycles. The summed E-state index contributed by atoms with van der Waals surface area (Å²) < 4.78 is 0. The van der Waals surface area contributed by atoms with Crippen LogP contribution >= 0.6 is 23.2 Å². The number of hydrogen-bond donors (Lipinski definition) is 2. The molecule has 106 valence electrons. The molecule has 2 rings (SSSR count). The lowest BCUT2D eigenvalue weighted by Crippen LogP contribution is -2.37. The summed E-state index contributed by atoms with van der Waals surface area (Å²) in [5, 5.41) is 7.92. The van der Waals surface area contributed by atoms with Crippen LogP contribution in [0.15, 0.2) is 6.07 Å². The number of nitrogens with zero attached hydrogens (tertiary/aromatic N) is 1. The highest BCUT2D eigenvalue weighted by Gasteiger charge is 2.17. The van der Waals surface area contributed by atoms with Crippen LogP contribution in [0.5, 0.6) is 0 Å². The van der Waals surface area contributed by atoms with Crippen LogP contribution in [-0.4, -0.2) is 23.6 Å². The van der Waals surface area contributed by atoms with Crippen LogP contribution in [0.25, 0.3) is 0 Å². The fourth-order valence-corrected chi connectivity index (χ4v) is 3.21. The second-order valence-corrected chi connectivity index (χ2v) is 6.10. The molecule has 2 heterocycles. The van der Waals surface area contributed by atoms with Crippen molar-refractivity contribution in [3.05, 3.63) is 21.9 Å². The molecule has 1 fully saturated rings. The van der Waals surface area contributed by atoms with Crippen molar-refractivity contribution >= 4 is 28.9 Å². The van der Waals surface area contributed by atoms with Crippen LogP contribution in [0.4, 0.5) is 5.69 Å². The van der Waals surface area contributed by atoms with Crippen LogP contribution in [-0.2, 0) is 0 Å². The topological polar surface area (TPSA) is 37.0 Å². The summed E-state index contributed by atoms with van der Waals surface area (Å²) in [4.78, 5) is 4.09. The molecule has 0 aromatic carbocycles. The van der Waals surface area contributed by atoms with Crippen molar-refractivity contribution in [2.45, 2.75) is 51.6 Å². The van der Waals surface area contributed by atoms with Gasteiger partial charge < -0.3 is 10.6 Å². The van der Waals surface area contributed by atoms with Crippen molar-refractivity contribution < 1.29 is 0 Å². The van der Waals surface area contributed by atoms with E-state index in [4.69, 9.17) is 23.2 Å². The summed E-state index contributed by atoms with van der Waals surface area (Å²) in [6.45, 7) is 5.31. The van der Waals surface area contributed by atoms with E-state index < -0.39 is 0 Å². The van der Waals surface area contributed by atoms with Crippen molar-refractivity contribution in [3.8, 4) is 0 Å². The number of aromatic nitrogens is 1. The molecule has 1 aromatic heterocycles. The number of piperidine rings is 1. The lowest BCUT2D eigenvalue weighted by Gasteiger charge is -2.27. The third kappa shape index (κ3) is 4.23. The predicted molar refractivity (Wildman–Crippen MR) is 82.3 cm³/mol. The Balaban J connectivity index is 1.96. The van der Waals surface area contributed by atoms with Gasteiger partial charge in [0.05, 0.1) is 5.69 Å². The van der Waals surface area contributed by atoms with Gasteiger partial charge in [-0.25, -0.2) is 4.98 Å². The number of anilines is 1. The number of hydrogen-bond acceptors (Lipinski definition) is 3. The summed E-state index contributed by atoms with van der Waals surface area (Å²) in [7, 11) is 0. The van der Waals surface area contributed by atoms with E-state index in [2.05, 4.69) is 22.5 Å². The van der Waals surface area contributed by atoms with Gasteiger partial charge in [-0.1, -0.05) is 29.6 Å². The Kier molecular flexibility index (Phi) is 5.31. The molecule has 1 saturated heterocycles. The highest BCUT2D eigenvalue weighted by atomic mass is 35.5. The molecule has 2 unspecified atom stereocenters. The van der Waals surface area contributed by atoms with Gasteiger partial charge in [-0.15, -0.1) is 0 Å². The Morgan fingerprint density at radius 1 is 1.47 bits per heavy atom. The van der Waals surface area contributed by atoms with Crippen molar-refractivity contribution in [3.63, 3.8) is 0 Å².